The molecule has 1 aliphatic heterocycles. The third kappa shape index (κ3) is 5.68. The number of hydrogen-bond donors (Lipinski definition) is 0. The number of carbonyl (C=O) groups is 2. The third-order valence-electron chi connectivity index (χ3n) is 7.09. The van der Waals surface area contributed by atoms with Gasteiger partial charge in [0.2, 0.25) is 5.91 Å². The molecule has 0 unspecified atom stereocenters. The summed E-state index contributed by atoms with van der Waals surface area (Å²) in [7, 11) is 0. The average Bonchev–Trinajstić information content (AvgIpc) is 3.42. The van der Waals surface area contributed by atoms with E-state index in [0.29, 0.717) is 18.7 Å². The second-order valence-corrected chi connectivity index (χ2v) is 9.22. The third-order valence-corrected chi connectivity index (χ3v) is 7.09. The van der Waals surface area contributed by atoms with Crippen molar-refractivity contribution in [1.29, 1.82) is 0 Å². The SMILES string of the molecule is CCN(C(=O)C1CCCC1)c1cc(-c2ccc(OCCN3CCOCC3)cc2)cc(C=O)c1C. The Kier molecular flexibility index (Phi) is 8.35. The summed E-state index contributed by atoms with van der Waals surface area (Å²) in [6.45, 7) is 9.53. The first kappa shape index (κ1) is 24.4. The summed E-state index contributed by atoms with van der Waals surface area (Å²) in [5.74, 6) is 1.10. The monoisotopic (exact) mass is 464 g/mol. The molecule has 2 aromatic rings. The Morgan fingerprint density at radius 3 is 2.47 bits per heavy atom. The van der Waals surface area contributed by atoms with Crippen LogP contribution in [0, 0.1) is 12.8 Å². The van der Waals surface area contributed by atoms with Crippen molar-refractivity contribution in [2.24, 2.45) is 5.92 Å². The predicted molar refractivity (Wildman–Crippen MR) is 135 cm³/mol. The molecule has 2 aliphatic rings. The van der Waals surface area contributed by atoms with Gasteiger partial charge in [0.15, 0.2) is 0 Å². The molecule has 4 rings (SSSR count). The largest absolute Gasteiger partial charge is 0.492 e. The summed E-state index contributed by atoms with van der Waals surface area (Å²) in [6, 6.07) is 11.9. The Balaban J connectivity index is 1.50. The van der Waals surface area contributed by atoms with Gasteiger partial charge in [-0.2, -0.15) is 0 Å². The molecule has 1 saturated carbocycles. The first-order valence-electron chi connectivity index (χ1n) is 12.5. The second kappa shape index (κ2) is 11.6. The highest BCUT2D eigenvalue weighted by Gasteiger charge is 2.28. The maximum atomic E-state index is 13.2. The van der Waals surface area contributed by atoms with Crippen LogP contribution in [-0.4, -0.2) is 63.1 Å². The van der Waals surface area contributed by atoms with E-state index < -0.39 is 0 Å². The Bertz CT molecular complexity index is 977. The molecule has 6 heteroatoms. The fourth-order valence-electron chi connectivity index (χ4n) is 4.99. The molecule has 0 radical (unpaired) electrons. The fraction of sp³-hybridized carbons (Fsp3) is 0.500. The normalized spacial score (nSPS) is 17.0. The molecule has 0 N–H and O–H groups in total. The predicted octanol–water partition coefficient (Wildman–Crippen LogP) is 4.73. The molecule has 6 nitrogen and oxygen atoms in total. The number of rotatable bonds is 9. The number of benzene rings is 2. The second-order valence-electron chi connectivity index (χ2n) is 9.22. The van der Waals surface area contributed by atoms with Crippen LogP contribution < -0.4 is 9.64 Å². The molecule has 182 valence electrons. The number of nitrogens with zero attached hydrogens (tertiary/aromatic N) is 2. The van der Waals surface area contributed by atoms with Gasteiger partial charge in [0.25, 0.3) is 0 Å². The number of hydrogen-bond acceptors (Lipinski definition) is 5. The lowest BCUT2D eigenvalue weighted by Crippen LogP contribution is -2.38. The fourth-order valence-corrected chi connectivity index (χ4v) is 4.99. The number of aldehydes is 1. The van der Waals surface area contributed by atoms with E-state index in [-0.39, 0.29) is 11.8 Å². The lowest BCUT2D eigenvalue weighted by molar-refractivity contribution is -0.122. The van der Waals surface area contributed by atoms with E-state index in [2.05, 4.69) is 4.90 Å². The summed E-state index contributed by atoms with van der Waals surface area (Å²) < 4.78 is 11.3. The van der Waals surface area contributed by atoms with E-state index in [4.69, 9.17) is 9.47 Å². The molecule has 0 aromatic heterocycles. The van der Waals surface area contributed by atoms with E-state index in [9.17, 15) is 9.59 Å². The molecule has 0 spiro atoms. The molecule has 1 amide bonds. The van der Waals surface area contributed by atoms with Crippen LogP contribution in [0.2, 0.25) is 0 Å². The molecule has 2 fully saturated rings. The van der Waals surface area contributed by atoms with Gasteiger partial charge in [-0.15, -0.1) is 0 Å². The minimum absolute atomic E-state index is 0.0941. The zero-order valence-corrected chi connectivity index (χ0v) is 20.4. The van der Waals surface area contributed by atoms with Crippen LogP contribution in [0.5, 0.6) is 5.75 Å². The van der Waals surface area contributed by atoms with Gasteiger partial charge in [-0.25, -0.2) is 0 Å². The highest BCUT2D eigenvalue weighted by atomic mass is 16.5. The number of morpholine rings is 1. The van der Waals surface area contributed by atoms with Gasteiger partial charge in [0, 0.05) is 43.3 Å². The van der Waals surface area contributed by atoms with Gasteiger partial charge in [0.05, 0.1) is 13.2 Å². The van der Waals surface area contributed by atoms with Crippen LogP contribution in [0.4, 0.5) is 5.69 Å². The number of carbonyl (C=O) groups excluding carboxylic acids is 2. The van der Waals surface area contributed by atoms with E-state index in [1.165, 1.54) is 0 Å². The van der Waals surface area contributed by atoms with Crippen LogP contribution in [0.3, 0.4) is 0 Å². The lowest BCUT2D eigenvalue weighted by Gasteiger charge is -2.27. The van der Waals surface area contributed by atoms with Gasteiger partial charge < -0.3 is 14.4 Å². The number of amides is 1. The summed E-state index contributed by atoms with van der Waals surface area (Å²) in [5, 5.41) is 0. The first-order chi connectivity index (χ1) is 16.6. The average molecular weight is 465 g/mol. The van der Waals surface area contributed by atoms with Gasteiger partial charge in [0.1, 0.15) is 18.6 Å². The van der Waals surface area contributed by atoms with Crippen LogP contribution in [0.25, 0.3) is 11.1 Å². The van der Waals surface area contributed by atoms with Crippen molar-refractivity contribution < 1.29 is 19.1 Å². The molecule has 0 atom stereocenters. The minimum atomic E-state index is 0.0941. The van der Waals surface area contributed by atoms with E-state index >= 15 is 0 Å². The molecular weight excluding hydrogens is 428 g/mol. The molecule has 1 aliphatic carbocycles. The Morgan fingerprint density at radius 1 is 1.12 bits per heavy atom. The summed E-state index contributed by atoms with van der Waals surface area (Å²) in [6.07, 6.45) is 5.05. The molecular formula is C28H36N2O4. The van der Waals surface area contributed by atoms with Gasteiger partial charge in [-0.05, 0) is 67.6 Å². The van der Waals surface area contributed by atoms with Crippen molar-refractivity contribution >= 4 is 17.9 Å². The lowest BCUT2D eigenvalue weighted by atomic mass is 9.97. The quantitative estimate of drug-likeness (QED) is 0.502. The minimum Gasteiger partial charge on any atom is -0.492 e. The molecule has 2 aromatic carbocycles. The topological polar surface area (TPSA) is 59.1 Å². The maximum absolute atomic E-state index is 13.2. The van der Waals surface area contributed by atoms with E-state index in [0.717, 1.165) is 92.9 Å². The Hall–Kier alpha value is -2.70. The van der Waals surface area contributed by atoms with Crippen molar-refractivity contribution in [1.82, 2.24) is 4.90 Å². The molecule has 34 heavy (non-hydrogen) atoms. The number of ether oxygens (including phenoxy) is 2. The van der Waals surface area contributed by atoms with Crippen molar-refractivity contribution in [2.75, 3.05) is 50.9 Å². The van der Waals surface area contributed by atoms with Crippen molar-refractivity contribution in [3.8, 4) is 16.9 Å². The van der Waals surface area contributed by atoms with Crippen LogP contribution in [-0.2, 0) is 9.53 Å². The van der Waals surface area contributed by atoms with E-state index in [1.807, 2.05) is 55.1 Å². The number of anilines is 1. The van der Waals surface area contributed by atoms with Crippen molar-refractivity contribution in [2.45, 2.75) is 39.5 Å². The van der Waals surface area contributed by atoms with Crippen molar-refractivity contribution in [3.05, 3.63) is 47.5 Å². The molecule has 1 heterocycles. The zero-order valence-electron chi connectivity index (χ0n) is 20.4. The standard InChI is InChI=1S/C28H36N2O4/c1-3-30(28(32)23-6-4-5-7-23)27-19-24(18-25(20-31)21(27)2)22-8-10-26(11-9-22)34-17-14-29-12-15-33-16-13-29/h8-11,18-20,23H,3-7,12-17H2,1-2H3. The Morgan fingerprint density at radius 2 is 1.82 bits per heavy atom. The summed E-state index contributed by atoms with van der Waals surface area (Å²) in [5.41, 5.74) is 4.24. The van der Waals surface area contributed by atoms with Gasteiger partial charge >= 0.3 is 0 Å². The first-order valence-corrected chi connectivity index (χ1v) is 12.5. The maximum Gasteiger partial charge on any atom is 0.230 e. The molecule has 1 saturated heterocycles. The van der Waals surface area contributed by atoms with Crippen LogP contribution in [0.1, 0.15) is 48.5 Å². The molecule has 0 bridgehead atoms. The van der Waals surface area contributed by atoms with Crippen LogP contribution in [0.15, 0.2) is 36.4 Å². The highest BCUT2D eigenvalue weighted by molar-refractivity contribution is 5.98. The van der Waals surface area contributed by atoms with Crippen LogP contribution >= 0.6 is 0 Å². The van der Waals surface area contributed by atoms with Gasteiger partial charge in [-0.3, -0.25) is 14.5 Å². The Labute approximate surface area is 202 Å². The zero-order chi connectivity index (χ0) is 23.9. The van der Waals surface area contributed by atoms with Crippen molar-refractivity contribution in [3.63, 3.8) is 0 Å². The smallest absolute Gasteiger partial charge is 0.230 e. The summed E-state index contributed by atoms with van der Waals surface area (Å²) >= 11 is 0. The highest BCUT2D eigenvalue weighted by Crippen LogP contribution is 2.34. The van der Waals surface area contributed by atoms with E-state index in [1.54, 1.807) is 0 Å². The summed E-state index contributed by atoms with van der Waals surface area (Å²) in [4.78, 5) is 29.3. The van der Waals surface area contributed by atoms with Gasteiger partial charge in [-0.1, -0.05) is 25.0 Å².